The number of thiophene rings is 1. The molecule has 1 amide bonds. The summed E-state index contributed by atoms with van der Waals surface area (Å²) in [7, 11) is 0. The number of benzene rings is 1. The zero-order chi connectivity index (χ0) is 14.2. The van der Waals surface area contributed by atoms with Gasteiger partial charge in [-0.15, -0.1) is 11.3 Å². The van der Waals surface area contributed by atoms with Crippen LogP contribution >= 0.6 is 34.5 Å². The zero-order valence-electron chi connectivity index (χ0n) is 10.6. The fourth-order valence-electron chi connectivity index (χ4n) is 1.57. The van der Waals surface area contributed by atoms with E-state index in [4.69, 9.17) is 28.9 Å². The van der Waals surface area contributed by atoms with Crippen LogP contribution in [0.1, 0.15) is 23.5 Å². The summed E-state index contributed by atoms with van der Waals surface area (Å²) in [4.78, 5) is 12.6. The lowest BCUT2D eigenvalue weighted by Crippen LogP contribution is -2.45. The van der Waals surface area contributed by atoms with Gasteiger partial charge in [0, 0.05) is 27.2 Å². The standard InChI is InChI=1S/C13H14Cl2N2OS/c1-13(2,16)6-17-12(18)11-10(15)8-4-3-7(14)5-9(8)19-11/h3-5H,6,16H2,1-2H3,(H,17,18). The molecular weight excluding hydrogens is 303 g/mol. The Morgan fingerprint density at radius 3 is 2.74 bits per heavy atom. The van der Waals surface area contributed by atoms with Crippen molar-refractivity contribution >= 4 is 50.5 Å². The highest BCUT2D eigenvalue weighted by Gasteiger charge is 2.19. The number of nitrogens with two attached hydrogens (primary N) is 1. The van der Waals surface area contributed by atoms with E-state index in [2.05, 4.69) is 5.32 Å². The number of nitrogens with one attached hydrogen (secondary N) is 1. The van der Waals surface area contributed by atoms with Gasteiger partial charge in [-0.25, -0.2) is 0 Å². The maximum atomic E-state index is 12.1. The van der Waals surface area contributed by atoms with Gasteiger partial charge in [0.25, 0.3) is 5.91 Å². The van der Waals surface area contributed by atoms with Gasteiger partial charge in [0.05, 0.1) is 5.02 Å². The SMILES string of the molecule is CC(C)(N)CNC(=O)c1sc2cc(Cl)ccc2c1Cl. The monoisotopic (exact) mass is 316 g/mol. The number of fused-ring (bicyclic) bond motifs is 1. The van der Waals surface area contributed by atoms with E-state index in [-0.39, 0.29) is 5.91 Å². The van der Waals surface area contributed by atoms with Crippen LogP contribution in [0.25, 0.3) is 10.1 Å². The fraction of sp³-hybridized carbons (Fsp3) is 0.308. The Bertz CT molecular complexity index is 631. The molecule has 6 heteroatoms. The maximum absolute atomic E-state index is 12.1. The lowest BCUT2D eigenvalue weighted by Gasteiger charge is -2.18. The van der Waals surface area contributed by atoms with Crippen LogP contribution in [0.2, 0.25) is 10.0 Å². The predicted molar refractivity (Wildman–Crippen MR) is 82.4 cm³/mol. The fourth-order valence-corrected chi connectivity index (χ4v) is 3.28. The third-order valence-corrected chi connectivity index (χ3v) is 4.39. The van der Waals surface area contributed by atoms with Crippen molar-refractivity contribution < 1.29 is 4.79 Å². The molecule has 3 N–H and O–H groups in total. The van der Waals surface area contributed by atoms with Crippen molar-refractivity contribution in [3.8, 4) is 0 Å². The lowest BCUT2D eigenvalue weighted by atomic mass is 10.1. The molecule has 3 nitrogen and oxygen atoms in total. The molecule has 0 spiro atoms. The third kappa shape index (κ3) is 3.39. The lowest BCUT2D eigenvalue weighted by molar-refractivity contribution is 0.0950. The predicted octanol–water partition coefficient (Wildman–Crippen LogP) is 3.68. The molecule has 19 heavy (non-hydrogen) atoms. The molecule has 0 radical (unpaired) electrons. The summed E-state index contributed by atoms with van der Waals surface area (Å²) in [6.45, 7) is 4.08. The number of halogens is 2. The second-order valence-corrected chi connectivity index (χ2v) is 6.92. The molecule has 0 atom stereocenters. The van der Waals surface area contributed by atoms with E-state index in [1.54, 1.807) is 12.1 Å². The Morgan fingerprint density at radius 1 is 1.42 bits per heavy atom. The summed E-state index contributed by atoms with van der Waals surface area (Å²) in [5.74, 6) is -0.208. The van der Waals surface area contributed by atoms with Gasteiger partial charge >= 0.3 is 0 Å². The first-order chi connectivity index (χ1) is 8.78. The summed E-state index contributed by atoms with van der Waals surface area (Å²) < 4.78 is 0.898. The van der Waals surface area contributed by atoms with E-state index in [1.165, 1.54) is 11.3 Å². The molecule has 1 heterocycles. The highest BCUT2D eigenvalue weighted by Crippen LogP contribution is 2.36. The normalized spacial score (nSPS) is 11.8. The van der Waals surface area contributed by atoms with E-state index in [0.717, 1.165) is 10.1 Å². The minimum Gasteiger partial charge on any atom is -0.349 e. The molecular formula is C13H14Cl2N2OS. The summed E-state index contributed by atoms with van der Waals surface area (Å²) in [5.41, 5.74) is 5.38. The Hall–Kier alpha value is -0.810. The summed E-state index contributed by atoms with van der Waals surface area (Å²) in [6.07, 6.45) is 0. The molecule has 0 aliphatic heterocycles. The largest absolute Gasteiger partial charge is 0.349 e. The number of rotatable bonds is 3. The second-order valence-electron chi connectivity index (χ2n) is 5.06. The van der Waals surface area contributed by atoms with Crippen molar-refractivity contribution in [1.29, 1.82) is 0 Å². The van der Waals surface area contributed by atoms with Crippen molar-refractivity contribution in [1.82, 2.24) is 5.32 Å². The molecule has 0 saturated heterocycles. The van der Waals surface area contributed by atoms with E-state index in [1.807, 2.05) is 19.9 Å². The van der Waals surface area contributed by atoms with Gasteiger partial charge < -0.3 is 11.1 Å². The number of hydrogen-bond acceptors (Lipinski definition) is 3. The minimum absolute atomic E-state index is 0.208. The van der Waals surface area contributed by atoms with Crippen LogP contribution in [-0.2, 0) is 0 Å². The number of amides is 1. The minimum atomic E-state index is -0.456. The van der Waals surface area contributed by atoms with Gasteiger partial charge in [-0.3, -0.25) is 4.79 Å². The van der Waals surface area contributed by atoms with Crippen molar-refractivity contribution in [3.63, 3.8) is 0 Å². The summed E-state index contributed by atoms with van der Waals surface area (Å²) in [6, 6.07) is 5.38. The Kier molecular flexibility index (Phi) is 4.06. The first-order valence-corrected chi connectivity index (χ1v) is 7.30. The number of carbonyl (C=O) groups is 1. The molecule has 2 rings (SSSR count). The van der Waals surface area contributed by atoms with Gasteiger partial charge in [0.2, 0.25) is 0 Å². The first kappa shape index (κ1) is 14.6. The molecule has 0 bridgehead atoms. The zero-order valence-corrected chi connectivity index (χ0v) is 12.9. The molecule has 1 aromatic heterocycles. The van der Waals surface area contributed by atoms with Crippen LogP contribution in [0, 0.1) is 0 Å². The highest BCUT2D eigenvalue weighted by atomic mass is 35.5. The van der Waals surface area contributed by atoms with Crippen molar-refractivity contribution in [2.75, 3.05) is 6.54 Å². The van der Waals surface area contributed by atoms with Crippen LogP contribution in [0.4, 0.5) is 0 Å². The summed E-state index contributed by atoms with van der Waals surface area (Å²) >= 11 is 13.5. The van der Waals surface area contributed by atoms with E-state index < -0.39 is 5.54 Å². The van der Waals surface area contributed by atoms with Crippen LogP contribution in [0.5, 0.6) is 0 Å². The molecule has 0 unspecified atom stereocenters. The first-order valence-electron chi connectivity index (χ1n) is 5.72. The number of carbonyl (C=O) groups excluding carboxylic acids is 1. The third-order valence-electron chi connectivity index (χ3n) is 2.50. The molecule has 2 aromatic rings. The van der Waals surface area contributed by atoms with Crippen molar-refractivity contribution in [2.24, 2.45) is 5.73 Å². The van der Waals surface area contributed by atoms with Gasteiger partial charge in [0.1, 0.15) is 4.88 Å². The average Bonchev–Trinajstić information content (AvgIpc) is 2.62. The molecule has 0 saturated carbocycles. The molecule has 102 valence electrons. The summed E-state index contributed by atoms with van der Waals surface area (Å²) in [5, 5.41) is 4.71. The van der Waals surface area contributed by atoms with Crippen LogP contribution < -0.4 is 11.1 Å². The van der Waals surface area contributed by atoms with Gasteiger partial charge in [-0.2, -0.15) is 0 Å². The Morgan fingerprint density at radius 2 is 2.11 bits per heavy atom. The van der Waals surface area contributed by atoms with Crippen LogP contribution in [-0.4, -0.2) is 18.0 Å². The van der Waals surface area contributed by atoms with Crippen LogP contribution in [0.3, 0.4) is 0 Å². The van der Waals surface area contributed by atoms with E-state index >= 15 is 0 Å². The van der Waals surface area contributed by atoms with E-state index in [0.29, 0.717) is 21.5 Å². The number of hydrogen-bond donors (Lipinski definition) is 2. The van der Waals surface area contributed by atoms with Crippen LogP contribution in [0.15, 0.2) is 18.2 Å². The second kappa shape index (κ2) is 5.29. The van der Waals surface area contributed by atoms with Crippen molar-refractivity contribution in [3.05, 3.63) is 33.1 Å². The van der Waals surface area contributed by atoms with E-state index in [9.17, 15) is 4.79 Å². The average molecular weight is 317 g/mol. The maximum Gasteiger partial charge on any atom is 0.262 e. The molecule has 0 aliphatic rings. The van der Waals surface area contributed by atoms with Gasteiger partial charge in [0.15, 0.2) is 0 Å². The molecule has 0 aliphatic carbocycles. The highest BCUT2D eigenvalue weighted by molar-refractivity contribution is 7.21. The molecule has 1 aromatic carbocycles. The molecule has 0 fully saturated rings. The Labute approximate surface area is 125 Å². The Balaban J connectivity index is 2.30. The topological polar surface area (TPSA) is 55.1 Å². The van der Waals surface area contributed by atoms with Crippen molar-refractivity contribution in [2.45, 2.75) is 19.4 Å². The quantitative estimate of drug-likeness (QED) is 0.907. The smallest absolute Gasteiger partial charge is 0.262 e. The van der Waals surface area contributed by atoms with Gasteiger partial charge in [-0.05, 0) is 26.0 Å². The van der Waals surface area contributed by atoms with Gasteiger partial charge in [-0.1, -0.05) is 29.3 Å².